The lowest BCUT2D eigenvalue weighted by atomic mass is 9.92. The number of rotatable bonds is 1. The maximum absolute atomic E-state index is 13.6. The van der Waals surface area contributed by atoms with Gasteiger partial charge in [-0.1, -0.05) is 17.7 Å². The molecule has 6 nitrogen and oxygen atoms in total. The molecule has 0 atom stereocenters. The minimum atomic E-state index is -1.06. The number of halogens is 2. The standard InChI is InChI=1S/C21H22F2N4O2/c1-12-3-4-17(13(2)9-12)24-20(29)27-7-5-21(6-8-27)25-18-11-16(23)15(22)10-14(18)19(28)26-21/h3-4,9-11,25H,5-8H2,1-2H3,(H,24,29)(H,26,28). The number of benzene rings is 2. The van der Waals surface area contributed by atoms with E-state index in [1.807, 2.05) is 32.0 Å². The van der Waals surface area contributed by atoms with Crippen molar-refractivity contribution < 1.29 is 18.4 Å². The fourth-order valence-corrected chi connectivity index (χ4v) is 3.90. The number of nitrogens with zero attached hydrogens (tertiary/aromatic N) is 1. The van der Waals surface area contributed by atoms with E-state index in [1.165, 1.54) is 0 Å². The zero-order valence-corrected chi connectivity index (χ0v) is 16.2. The van der Waals surface area contributed by atoms with Crippen molar-refractivity contribution in [1.82, 2.24) is 10.2 Å². The third-order valence-electron chi connectivity index (χ3n) is 5.56. The van der Waals surface area contributed by atoms with Crippen molar-refractivity contribution in [2.24, 2.45) is 0 Å². The molecule has 0 bridgehead atoms. The predicted octanol–water partition coefficient (Wildman–Crippen LogP) is 3.76. The highest BCUT2D eigenvalue weighted by Gasteiger charge is 2.41. The third kappa shape index (κ3) is 3.62. The number of piperidine rings is 1. The van der Waals surface area contributed by atoms with E-state index in [-0.39, 0.29) is 17.3 Å². The van der Waals surface area contributed by atoms with E-state index in [0.717, 1.165) is 28.9 Å². The van der Waals surface area contributed by atoms with Gasteiger partial charge in [0.05, 0.1) is 11.3 Å². The van der Waals surface area contributed by atoms with E-state index in [4.69, 9.17) is 0 Å². The highest BCUT2D eigenvalue weighted by Crippen LogP contribution is 2.32. The topological polar surface area (TPSA) is 73.5 Å². The van der Waals surface area contributed by atoms with Crippen LogP contribution in [0.4, 0.5) is 25.0 Å². The summed E-state index contributed by atoms with van der Waals surface area (Å²) in [7, 11) is 0. The molecule has 1 saturated heterocycles. The van der Waals surface area contributed by atoms with Crippen molar-refractivity contribution in [2.75, 3.05) is 23.7 Å². The number of anilines is 2. The number of hydrogen-bond donors (Lipinski definition) is 3. The molecule has 0 saturated carbocycles. The van der Waals surface area contributed by atoms with Gasteiger partial charge in [-0.05, 0) is 31.5 Å². The van der Waals surface area contributed by atoms with Crippen LogP contribution in [-0.2, 0) is 0 Å². The molecule has 2 heterocycles. The molecule has 0 unspecified atom stereocenters. The molecule has 8 heteroatoms. The third-order valence-corrected chi connectivity index (χ3v) is 5.56. The summed E-state index contributed by atoms with van der Waals surface area (Å²) in [5.74, 6) is -2.52. The predicted molar refractivity (Wildman–Crippen MR) is 106 cm³/mol. The van der Waals surface area contributed by atoms with Crippen LogP contribution < -0.4 is 16.0 Å². The Kier molecular flexibility index (Phi) is 4.64. The largest absolute Gasteiger partial charge is 0.362 e. The van der Waals surface area contributed by atoms with Gasteiger partial charge in [0, 0.05) is 37.7 Å². The van der Waals surface area contributed by atoms with Crippen molar-refractivity contribution >= 4 is 23.3 Å². The van der Waals surface area contributed by atoms with Gasteiger partial charge in [0.25, 0.3) is 5.91 Å². The summed E-state index contributed by atoms with van der Waals surface area (Å²) in [6.45, 7) is 4.74. The lowest BCUT2D eigenvalue weighted by Gasteiger charge is -2.45. The Labute approximate surface area is 167 Å². The molecule has 2 aromatic rings. The molecule has 2 aliphatic rings. The van der Waals surface area contributed by atoms with E-state index < -0.39 is 23.2 Å². The molecule has 0 aliphatic carbocycles. The average Bonchev–Trinajstić information content (AvgIpc) is 2.66. The first-order chi connectivity index (χ1) is 13.8. The summed E-state index contributed by atoms with van der Waals surface area (Å²) in [5, 5.41) is 8.92. The molecule has 2 aromatic carbocycles. The van der Waals surface area contributed by atoms with Crippen molar-refractivity contribution in [3.05, 3.63) is 58.7 Å². The number of fused-ring (bicyclic) bond motifs is 1. The summed E-state index contributed by atoms with van der Waals surface area (Å²) < 4.78 is 27.1. The monoisotopic (exact) mass is 400 g/mol. The van der Waals surface area contributed by atoms with E-state index in [2.05, 4.69) is 16.0 Å². The van der Waals surface area contributed by atoms with Crippen LogP contribution in [0.25, 0.3) is 0 Å². The second-order valence-corrected chi connectivity index (χ2v) is 7.71. The van der Waals surface area contributed by atoms with Crippen LogP contribution in [0.15, 0.2) is 30.3 Å². The lowest BCUT2D eigenvalue weighted by Crippen LogP contribution is -2.63. The first kappa shape index (κ1) is 19.2. The molecule has 0 aromatic heterocycles. The SMILES string of the molecule is Cc1ccc(NC(=O)N2CCC3(CC2)NC(=O)c2cc(F)c(F)cc2N3)c(C)c1. The zero-order valence-electron chi connectivity index (χ0n) is 16.2. The first-order valence-electron chi connectivity index (χ1n) is 9.49. The Morgan fingerprint density at radius 3 is 2.45 bits per heavy atom. The van der Waals surface area contributed by atoms with Gasteiger partial charge in [0.15, 0.2) is 11.6 Å². The van der Waals surface area contributed by atoms with E-state index >= 15 is 0 Å². The van der Waals surface area contributed by atoms with Crippen LogP contribution in [-0.4, -0.2) is 35.6 Å². The van der Waals surface area contributed by atoms with Crippen molar-refractivity contribution in [1.29, 1.82) is 0 Å². The number of likely N-dealkylation sites (tertiary alicyclic amines) is 1. The van der Waals surface area contributed by atoms with Gasteiger partial charge in [-0.25, -0.2) is 13.6 Å². The fraction of sp³-hybridized carbons (Fsp3) is 0.333. The maximum Gasteiger partial charge on any atom is 0.321 e. The number of carbonyl (C=O) groups excluding carboxylic acids is 2. The van der Waals surface area contributed by atoms with Gasteiger partial charge in [-0.2, -0.15) is 0 Å². The molecule has 3 N–H and O–H groups in total. The number of nitrogens with one attached hydrogen (secondary N) is 3. The molecule has 4 rings (SSSR count). The molecule has 29 heavy (non-hydrogen) atoms. The average molecular weight is 400 g/mol. The summed E-state index contributed by atoms with van der Waals surface area (Å²) in [6, 6.07) is 7.51. The summed E-state index contributed by atoms with van der Waals surface area (Å²) in [6.07, 6.45) is 0.884. The summed E-state index contributed by atoms with van der Waals surface area (Å²) in [4.78, 5) is 26.7. The van der Waals surface area contributed by atoms with Gasteiger partial charge in [-0.3, -0.25) is 4.79 Å². The molecular weight excluding hydrogens is 378 g/mol. The molecule has 0 radical (unpaired) electrons. The number of urea groups is 1. The molecule has 1 spiro atoms. The number of aryl methyl sites for hydroxylation is 2. The smallest absolute Gasteiger partial charge is 0.321 e. The molecule has 3 amide bonds. The van der Waals surface area contributed by atoms with E-state index in [0.29, 0.717) is 25.9 Å². The van der Waals surface area contributed by atoms with Crippen molar-refractivity contribution in [3.8, 4) is 0 Å². The second-order valence-electron chi connectivity index (χ2n) is 7.71. The Morgan fingerprint density at radius 2 is 1.76 bits per heavy atom. The van der Waals surface area contributed by atoms with Crippen LogP contribution in [0.1, 0.15) is 34.3 Å². The minimum absolute atomic E-state index is 0.0737. The van der Waals surface area contributed by atoms with Gasteiger partial charge >= 0.3 is 6.03 Å². The first-order valence-corrected chi connectivity index (χ1v) is 9.49. The van der Waals surface area contributed by atoms with E-state index in [9.17, 15) is 18.4 Å². The van der Waals surface area contributed by atoms with Gasteiger partial charge in [0.2, 0.25) is 0 Å². The van der Waals surface area contributed by atoms with Crippen molar-refractivity contribution in [2.45, 2.75) is 32.4 Å². The second kappa shape index (κ2) is 7.02. The van der Waals surface area contributed by atoms with Crippen LogP contribution >= 0.6 is 0 Å². The normalized spacial score (nSPS) is 17.4. The Hall–Kier alpha value is -3.16. The molecule has 2 aliphatic heterocycles. The van der Waals surface area contributed by atoms with Gasteiger partial charge in [-0.15, -0.1) is 0 Å². The molecule has 152 valence electrons. The van der Waals surface area contributed by atoms with Crippen LogP contribution in [0, 0.1) is 25.5 Å². The lowest BCUT2D eigenvalue weighted by molar-refractivity contribution is 0.0851. The summed E-state index contributed by atoms with van der Waals surface area (Å²) >= 11 is 0. The van der Waals surface area contributed by atoms with Gasteiger partial charge in [0.1, 0.15) is 5.66 Å². The van der Waals surface area contributed by atoms with Crippen LogP contribution in [0.3, 0.4) is 0 Å². The van der Waals surface area contributed by atoms with Crippen LogP contribution in [0.2, 0.25) is 0 Å². The number of carbonyl (C=O) groups is 2. The minimum Gasteiger partial charge on any atom is -0.362 e. The zero-order chi connectivity index (χ0) is 20.8. The fourth-order valence-electron chi connectivity index (χ4n) is 3.90. The quantitative estimate of drug-likeness (QED) is 0.682. The van der Waals surface area contributed by atoms with E-state index in [1.54, 1.807) is 4.90 Å². The summed E-state index contributed by atoms with van der Waals surface area (Å²) in [5.41, 5.74) is 2.42. The maximum atomic E-state index is 13.6. The Balaban J connectivity index is 1.44. The Bertz CT molecular complexity index is 1000. The number of hydrogen-bond acceptors (Lipinski definition) is 3. The number of amides is 3. The van der Waals surface area contributed by atoms with Gasteiger partial charge < -0.3 is 20.9 Å². The Morgan fingerprint density at radius 1 is 1.07 bits per heavy atom. The van der Waals surface area contributed by atoms with Crippen molar-refractivity contribution in [3.63, 3.8) is 0 Å². The highest BCUT2D eigenvalue weighted by atomic mass is 19.2. The molecule has 1 fully saturated rings. The highest BCUT2D eigenvalue weighted by molar-refractivity contribution is 6.02. The van der Waals surface area contributed by atoms with Crippen LogP contribution in [0.5, 0.6) is 0 Å². The molecular formula is C21H22F2N4O2.